The standard InChI is InChI=1S/C13H17NO2S/c1-2-13-8-11(5-7-16-13)4-3-6-14-12(9-15)10-17/h2,4,6,9-10,17H,3,5,7-8H2,1H3/b11-4-,12-10-,13-2+,14-6?. The fraction of sp³-hybridized carbons (Fsp3) is 0.385. The number of ether oxygens (including phenoxy) is 1. The maximum atomic E-state index is 10.4. The van der Waals surface area contributed by atoms with Gasteiger partial charge in [0, 0.05) is 25.5 Å². The molecule has 1 heterocycles. The zero-order valence-electron chi connectivity index (χ0n) is 9.93. The predicted octanol–water partition coefficient (Wildman–Crippen LogP) is 3.06. The highest BCUT2D eigenvalue weighted by Crippen LogP contribution is 2.22. The van der Waals surface area contributed by atoms with Gasteiger partial charge in [0.1, 0.15) is 5.70 Å². The van der Waals surface area contributed by atoms with Crippen LogP contribution in [0.2, 0.25) is 0 Å². The molecular formula is C13H17NO2S. The molecule has 3 nitrogen and oxygen atoms in total. The van der Waals surface area contributed by atoms with Crippen molar-refractivity contribution in [2.45, 2.75) is 26.2 Å². The Labute approximate surface area is 107 Å². The van der Waals surface area contributed by atoms with Gasteiger partial charge in [0.25, 0.3) is 0 Å². The van der Waals surface area contributed by atoms with Gasteiger partial charge in [-0.2, -0.15) is 0 Å². The van der Waals surface area contributed by atoms with Crippen LogP contribution in [0.3, 0.4) is 0 Å². The van der Waals surface area contributed by atoms with Crippen molar-refractivity contribution in [1.82, 2.24) is 0 Å². The molecule has 1 aliphatic heterocycles. The summed E-state index contributed by atoms with van der Waals surface area (Å²) in [5.41, 5.74) is 1.70. The second kappa shape index (κ2) is 7.90. The molecule has 0 N–H and O–H groups in total. The van der Waals surface area contributed by atoms with E-state index in [1.54, 1.807) is 6.21 Å². The molecule has 0 spiro atoms. The maximum absolute atomic E-state index is 10.4. The molecular weight excluding hydrogens is 234 g/mol. The fourth-order valence-corrected chi connectivity index (χ4v) is 1.64. The van der Waals surface area contributed by atoms with E-state index in [-0.39, 0.29) is 0 Å². The summed E-state index contributed by atoms with van der Waals surface area (Å²) in [6.07, 6.45) is 9.11. The summed E-state index contributed by atoms with van der Waals surface area (Å²) in [5, 5.41) is 1.39. The van der Waals surface area contributed by atoms with E-state index in [0.717, 1.165) is 31.6 Å². The van der Waals surface area contributed by atoms with Crippen LogP contribution in [0.4, 0.5) is 0 Å². The van der Waals surface area contributed by atoms with E-state index in [9.17, 15) is 4.79 Å². The Hall–Kier alpha value is -1.29. The molecule has 0 unspecified atom stereocenters. The molecule has 0 aliphatic carbocycles. The van der Waals surface area contributed by atoms with Crippen molar-refractivity contribution in [2.24, 2.45) is 4.99 Å². The molecule has 1 aliphatic rings. The van der Waals surface area contributed by atoms with E-state index >= 15 is 0 Å². The van der Waals surface area contributed by atoms with Crippen molar-refractivity contribution in [3.63, 3.8) is 0 Å². The second-order valence-electron chi connectivity index (χ2n) is 3.61. The molecule has 0 aromatic carbocycles. The Morgan fingerprint density at radius 2 is 2.41 bits per heavy atom. The summed E-state index contributed by atoms with van der Waals surface area (Å²) in [5.74, 6) is 1.03. The van der Waals surface area contributed by atoms with Crippen molar-refractivity contribution in [2.75, 3.05) is 6.61 Å². The number of aliphatic imine (C=N–C) groups is 1. The molecule has 0 radical (unpaired) electrons. The summed E-state index contributed by atoms with van der Waals surface area (Å²) < 4.78 is 5.46. The van der Waals surface area contributed by atoms with Crippen molar-refractivity contribution in [3.8, 4) is 0 Å². The molecule has 0 atom stereocenters. The van der Waals surface area contributed by atoms with Crippen molar-refractivity contribution < 1.29 is 9.53 Å². The smallest absolute Gasteiger partial charge is 0.168 e. The van der Waals surface area contributed by atoms with Crippen LogP contribution in [0, 0.1) is 0 Å². The first-order chi connectivity index (χ1) is 8.30. The van der Waals surface area contributed by atoms with E-state index in [4.69, 9.17) is 4.74 Å². The maximum Gasteiger partial charge on any atom is 0.168 e. The quantitative estimate of drug-likeness (QED) is 0.274. The summed E-state index contributed by atoms with van der Waals surface area (Å²) in [4.78, 5) is 14.4. The van der Waals surface area contributed by atoms with Crippen LogP contribution in [0.1, 0.15) is 26.2 Å². The highest BCUT2D eigenvalue weighted by Gasteiger charge is 2.09. The Kier molecular flexibility index (Phi) is 6.40. The van der Waals surface area contributed by atoms with Crippen molar-refractivity contribution in [3.05, 3.63) is 34.6 Å². The van der Waals surface area contributed by atoms with Crippen LogP contribution >= 0.6 is 12.6 Å². The molecule has 0 aromatic heterocycles. The third-order valence-corrected chi connectivity index (χ3v) is 2.70. The number of carbonyl (C=O) groups is 1. The minimum Gasteiger partial charge on any atom is -0.498 e. The minimum atomic E-state index is 0.341. The SMILES string of the molecule is C/C=C1\C/C(=C\CC=N/C(C=O)=C\S)CCO1. The summed E-state index contributed by atoms with van der Waals surface area (Å²) in [6, 6.07) is 0. The number of hydrogen-bond donors (Lipinski definition) is 1. The predicted molar refractivity (Wildman–Crippen MR) is 73.3 cm³/mol. The Morgan fingerprint density at radius 3 is 3.06 bits per heavy atom. The van der Waals surface area contributed by atoms with E-state index in [1.165, 1.54) is 11.0 Å². The summed E-state index contributed by atoms with van der Waals surface area (Å²) in [7, 11) is 0. The monoisotopic (exact) mass is 251 g/mol. The lowest BCUT2D eigenvalue weighted by molar-refractivity contribution is -0.104. The molecule has 0 amide bonds. The van der Waals surface area contributed by atoms with Crippen LogP contribution in [0.15, 0.2) is 39.6 Å². The van der Waals surface area contributed by atoms with Crippen molar-refractivity contribution >= 4 is 25.1 Å². The molecule has 1 rings (SSSR count). The Morgan fingerprint density at radius 1 is 1.59 bits per heavy atom. The van der Waals surface area contributed by atoms with Gasteiger partial charge in [-0.05, 0) is 18.4 Å². The van der Waals surface area contributed by atoms with Gasteiger partial charge in [0.2, 0.25) is 0 Å². The second-order valence-corrected chi connectivity index (χ2v) is 3.87. The average molecular weight is 251 g/mol. The number of thiol groups is 1. The minimum absolute atomic E-state index is 0.341. The Bertz CT molecular complexity index is 381. The zero-order chi connectivity index (χ0) is 12.5. The Balaban J connectivity index is 2.46. The van der Waals surface area contributed by atoms with Crippen molar-refractivity contribution in [1.29, 1.82) is 0 Å². The molecule has 1 saturated heterocycles. The number of carbonyl (C=O) groups excluding carboxylic acids is 1. The average Bonchev–Trinajstić information content (AvgIpc) is 2.39. The van der Waals surface area contributed by atoms with Gasteiger partial charge in [-0.15, -0.1) is 12.6 Å². The zero-order valence-corrected chi connectivity index (χ0v) is 10.8. The number of rotatable bonds is 4. The van der Waals surface area contributed by atoms with Crippen LogP contribution in [-0.4, -0.2) is 19.1 Å². The molecule has 17 heavy (non-hydrogen) atoms. The third-order valence-electron chi connectivity index (χ3n) is 2.44. The van der Waals surface area contributed by atoms with Gasteiger partial charge in [-0.25, -0.2) is 0 Å². The van der Waals surface area contributed by atoms with Crippen LogP contribution < -0.4 is 0 Å². The molecule has 4 heteroatoms. The first-order valence-electron chi connectivity index (χ1n) is 5.58. The van der Waals surface area contributed by atoms with Crippen LogP contribution in [0.25, 0.3) is 0 Å². The molecule has 1 fully saturated rings. The summed E-state index contributed by atoms with van der Waals surface area (Å²) >= 11 is 3.88. The van der Waals surface area contributed by atoms with Gasteiger partial charge in [-0.3, -0.25) is 9.79 Å². The van der Waals surface area contributed by atoms with E-state index in [0.29, 0.717) is 12.0 Å². The van der Waals surface area contributed by atoms with Gasteiger partial charge in [0.15, 0.2) is 6.29 Å². The van der Waals surface area contributed by atoms with E-state index in [1.807, 2.05) is 13.0 Å². The van der Waals surface area contributed by atoms with E-state index < -0.39 is 0 Å². The topological polar surface area (TPSA) is 38.7 Å². The normalized spacial score (nSPS) is 22.1. The lowest BCUT2D eigenvalue weighted by atomic mass is 10.0. The third kappa shape index (κ3) is 5.04. The number of allylic oxidation sites excluding steroid dienone is 4. The molecule has 0 saturated carbocycles. The lowest BCUT2D eigenvalue weighted by Crippen LogP contribution is -2.05. The van der Waals surface area contributed by atoms with Gasteiger partial charge < -0.3 is 4.74 Å². The first-order valence-corrected chi connectivity index (χ1v) is 6.09. The van der Waals surface area contributed by atoms with Gasteiger partial charge in [-0.1, -0.05) is 11.6 Å². The lowest BCUT2D eigenvalue weighted by Gasteiger charge is -2.18. The highest BCUT2D eigenvalue weighted by molar-refractivity contribution is 7.83. The summed E-state index contributed by atoms with van der Waals surface area (Å²) in [6.45, 7) is 2.73. The molecule has 0 aromatic rings. The van der Waals surface area contributed by atoms with Gasteiger partial charge >= 0.3 is 0 Å². The van der Waals surface area contributed by atoms with Crippen LogP contribution in [-0.2, 0) is 9.53 Å². The fourth-order valence-electron chi connectivity index (χ4n) is 1.51. The number of hydrogen-bond acceptors (Lipinski definition) is 4. The number of aldehydes is 1. The highest BCUT2D eigenvalue weighted by atomic mass is 32.1. The first kappa shape index (κ1) is 13.8. The van der Waals surface area contributed by atoms with Crippen LogP contribution in [0.5, 0.6) is 0 Å². The largest absolute Gasteiger partial charge is 0.498 e. The molecule has 0 bridgehead atoms. The van der Waals surface area contributed by atoms with Gasteiger partial charge in [0.05, 0.1) is 12.4 Å². The van der Waals surface area contributed by atoms with E-state index in [2.05, 4.69) is 23.7 Å². The molecule has 92 valence electrons. The number of nitrogens with zero attached hydrogens (tertiary/aromatic N) is 1.